The topological polar surface area (TPSA) is 48.0 Å². The van der Waals surface area contributed by atoms with Gasteiger partial charge in [-0.15, -0.1) is 0 Å². The summed E-state index contributed by atoms with van der Waals surface area (Å²) in [5.41, 5.74) is -0.0339. The van der Waals surface area contributed by atoms with Gasteiger partial charge in [-0.1, -0.05) is 81.4 Å². The van der Waals surface area contributed by atoms with Gasteiger partial charge in [-0.3, -0.25) is 4.90 Å². The summed E-state index contributed by atoms with van der Waals surface area (Å²) in [5.74, 6) is -0.320. The summed E-state index contributed by atoms with van der Waals surface area (Å²) in [7, 11) is -1.19. The molecule has 2 fully saturated rings. The van der Waals surface area contributed by atoms with Gasteiger partial charge in [-0.25, -0.2) is 4.79 Å². The number of hydrogen-bond donors (Lipinski definition) is 0. The highest BCUT2D eigenvalue weighted by Crippen LogP contribution is 2.43. The molecule has 2 heterocycles. The zero-order chi connectivity index (χ0) is 23.5. The minimum atomic E-state index is -2.59. The van der Waals surface area contributed by atoms with Crippen molar-refractivity contribution in [3.63, 3.8) is 0 Å². The largest absolute Gasteiger partial charge is 0.467 e. The molecular formula is C27H37NO4Si. The van der Waals surface area contributed by atoms with Crippen LogP contribution in [0.25, 0.3) is 0 Å². The first kappa shape index (κ1) is 24.1. The van der Waals surface area contributed by atoms with Crippen LogP contribution in [0.4, 0.5) is 0 Å². The Morgan fingerprint density at radius 2 is 1.67 bits per heavy atom. The highest BCUT2D eigenvalue weighted by Gasteiger charge is 2.54. The number of rotatable bonds is 8. The van der Waals surface area contributed by atoms with Crippen molar-refractivity contribution in [1.29, 1.82) is 0 Å². The molecule has 33 heavy (non-hydrogen) atoms. The minimum absolute atomic E-state index is 0.0145. The van der Waals surface area contributed by atoms with Crippen LogP contribution in [0.1, 0.15) is 40.0 Å². The maximum atomic E-state index is 11.6. The molecule has 0 N–H and O–H groups in total. The van der Waals surface area contributed by atoms with E-state index < -0.39 is 8.32 Å². The average Bonchev–Trinajstić information content (AvgIpc) is 3.35. The third-order valence-corrected chi connectivity index (χ3v) is 12.4. The van der Waals surface area contributed by atoms with Crippen LogP contribution in [-0.4, -0.2) is 64.2 Å². The summed E-state index contributed by atoms with van der Waals surface area (Å²) in [4.78, 5) is 14.1. The molecule has 0 bridgehead atoms. The summed E-state index contributed by atoms with van der Waals surface area (Å²) < 4.78 is 18.0. The molecule has 2 aliphatic rings. The SMILES string of the molecule is COC(=O)CO[C@H]1CN2CCC[C@]2(CO[Si](c2ccccc2)(c2ccccc2)C(C)(C)C)C1. The number of carbonyl (C=O) groups is 1. The van der Waals surface area contributed by atoms with Gasteiger partial charge in [0.1, 0.15) is 6.61 Å². The molecule has 0 unspecified atom stereocenters. The van der Waals surface area contributed by atoms with Gasteiger partial charge in [0.25, 0.3) is 8.32 Å². The van der Waals surface area contributed by atoms with E-state index in [-0.39, 0.29) is 29.3 Å². The summed E-state index contributed by atoms with van der Waals surface area (Å²) in [6.45, 7) is 9.56. The van der Waals surface area contributed by atoms with Gasteiger partial charge < -0.3 is 13.9 Å². The molecule has 0 aromatic heterocycles. The van der Waals surface area contributed by atoms with E-state index >= 15 is 0 Å². The van der Waals surface area contributed by atoms with Gasteiger partial charge in [-0.05, 0) is 41.2 Å². The van der Waals surface area contributed by atoms with Crippen LogP contribution in [0.5, 0.6) is 0 Å². The van der Waals surface area contributed by atoms with E-state index in [4.69, 9.17) is 13.9 Å². The number of ether oxygens (including phenoxy) is 2. The zero-order valence-electron chi connectivity index (χ0n) is 20.4. The monoisotopic (exact) mass is 467 g/mol. The number of carbonyl (C=O) groups excluding carboxylic acids is 1. The van der Waals surface area contributed by atoms with Crippen molar-refractivity contribution >= 4 is 24.7 Å². The maximum absolute atomic E-state index is 11.6. The fourth-order valence-corrected chi connectivity index (χ4v) is 10.5. The zero-order valence-corrected chi connectivity index (χ0v) is 21.4. The molecule has 2 atom stereocenters. The molecule has 0 spiro atoms. The van der Waals surface area contributed by atoms with Crippen molar-refractivity contribution in [1.82, 2.24) is 4.90 Å². The third kappa shape index (κ3) is 4.67. The van der Waals surface area contributed by atoms with Gasteiger partial charge in [0.2, 0.25) is 0 Å². The highest BCUT2D eigenvalue weighted by molar-refractivity contribution is 6.99. The van der Waals surface area contributed by atoms with Gasteiger partial charge >= 0.3 is 5.97 Å². The molecule has 6 heteroatoms. The van der Waals surface area contributed by atoms with E-state index in [0.717, 1.165) is 25.9 Å². The van der Waals surface area contributed by atoms with Gasteiger partial charge in [-0.2, -0.15) is 0 Å². The Morgan fingerprint density at radius 1 is 1.06 bits per heavy atom. The molecule has 5 nitrogen and oxygen atoms in total. The molecule has 0 radical (unpaired) electrons. The van der Waals surface area contributed by atoms with E-state index in [1.165, 1.54) is 23.9 Å². The first-order valence-electron chi connectivity index (χ1n) is 12.0. The first-order valence-corrected chi connectivity index (χ1v) is 13.9. The first-order chi connectivity index (χ1) is 15.8. The fraction of sp³-hybridized carbons (Fsp3) is 0.519. The molecule has 2 aromatic carbocycles. The maximum Gasteiger partial charge on any atom is 0.331 e. The van der Waals surface area contributed by atoms with Crippen LogP contribution in [-0.2, 0) is 18.7 Å². The standard InChI is InChI=1S/C27H37NO4Si/c1-26(2,3)33(23-12-7-5-8-13-23,24-14-9-6-10-15-24)32-21-27-16-11-17-28(27)19-22(18-27)31-20-25(29)30-4/h5-10,12-15,22H,11,16-21H2,1-4H3/t22-,27-/m1/s1. The number of fused-ring (bicyclic) bond motifs is 1. The van der Waals surface area contributed by atoms with Gasteiger partial charge in [0.05, 0.1) is 19.8 Å². The van der Waals surface area contributed by atoms with Crippen LogP contribution >= 0.6 is 0 Å². The lowest BCUT2D eigenvalue weighted by atomic mass is 9.94. The third-order valence-electron chi connectivity index (χ3n) is 7.41. The molecule has 2 saturated heterocycles. The average molecular weight is 468 g/mol. The van der Waals surface area contributed by atoms with Crippen LogP contribution in [0.2, 0.25) is 5.04 Å². The Hall–Kier alpha value is -1.99. The fourth-order valence-electron chi connectivity index (χ4n) is 5.83. The number of nitrogens with zero attached hydrogens (tertiary/aromatic N) is 1. The Balaban J connectivity index is 1.64. The molecule has 4 rings (SSSR count). The predicted octanol–water partition coefficient (Wildman–Crippen LogP) is 3.36. The van der Waals surface area contributed by atoms with Crippen molar-refractivity contribution in [2.24, 2.45) is 0 Å². The molecular weight excluding hydrogens is 430 g/mol. The summed E-state index contributed by atoms with van der Waals surface area (Å²) in [6.07, 6.45) is 3.20. The molecule has 178 valence electrons. The van der Waals surface area contributed by atoms with Crippen molar-refractivity contribution < 1.29 is 18.7 Å². The van der Waals surface area contributed by atoms with Crippen LogP contribution in [0, 0.1) is 0 Å². The second-order valence-corrected chi connectivity index (χ2v) is 14.7. The van der Waals surface area contributed by atoms with Crippen LogP contribution in [0.3, 0.4) is 0 Å². The second kappa shape index (κ2) is 9.70. The molecule has 2 aromatic rings. The Labute approximate surface area is 199 Å². The minimum Gasteiger partial charge on any atom is -0.467 e. The van der Waals surface area contributed by atoms with Gasteiger partial charge in [0.15, 0.2) is 0 Å². The van der Waals surface area contributed by atoms with Crippen molar-refractivity contribution in [2.75, 3.05) is 33.4 Å². The smallest absolute Gasteiger partial charge is 0.331 e. The predicted molar refractivity (Wildman–Crippen MR) is 133 cm³/mol. The number of esters is 1. The second-order valence-electron chi connectivity index (χ2n) is 10.4. The number of benzene rings is 2. The Bertz CT molecular complexity index is 891. The molecule has 2 aliphatic heterocycles. The normalized spacial score (nSPS) is 23.5. The van der Waals surface area contributed by atoms with Crippen LogP contribution < -0.4 is 10.4 Å². The molecule has 0 saturated carbocycles. The van der Waals surface area contributed by atoms with Crippen molar-refractivity contribution in [2.45, 2.75) is 56.7 Å². The van der Waals surface area contributed by atoms with Crippen molar-refractivity contribution in [3.05, 3.63) is 60.7 Å². The summed E-state index contributed by atoms with van der Waals surface area (Å²) in [6, 6.07) is 21.6. The lowest BCUT2D eigenvalue weighted by Gasteiger charge is -2.45. The van der Waals surface area contributed by atoms with E-state index in [1.807, 2.05) is 0 Å². The Kier molecular flexibility index (Phi) is 7.10. The Morgan fingerprint density at radius 3 is 2.21 bits per heavy atom. The lowest BCUT2D eigenvalue weighted by Crippen LogP contribution is -2.68. The van der Waals surface area contributed by atoms with E-state index in [1.54, 1.807) is 0 Å². The summed E-state index contributed by atoms with van der Waals surface area (Å²) in [5, 5.41) is 2.57. The molecule has 0 amide bonds. The van der Waals surface area contributed by atoms with Gasteiger partial charge in [0, 0.05) is 12.1 Å². The van der Waals surface area contributed by atoms with Crippen molar-refractivity contribution in [3.8, 4) is 0 Å². The highest BCUT2D eigenvalue weighted by atomic mass is 28.4. The molecule has 0 aliphatic carbocycles. The van der Waals surface area contributed by atoms with Crippen LogP contribution in [0.15, 0.2) is 60.7 Å². The number of hydrogen-bond acceptors (Lipinski definition) is 5. The quantitative estimate of drug-likeness (QED) is 0.440. The van der Waals surface area contributed by atoms with E-state index in [0.29, 0.717) is 6.61 Å². The van der Waals surface area contributed by atoms with E-state index in [2.05, 4.69) is 86.3 Å². The summed E-state index contributed by atoms with van der Waals surface area (Å²) >= 11 is 0. The number of methoxy groups -OCH3 is 1. The lowest BCUT2D eigenvalue weighted by molar-refractivity contribution is -0.147. The van der Waals surface area contributed by atoms with E-state index in [9.17, 15) is 4.79 Å².